The van der Waals surface area contributed by atoms with Crippen molar-refractivity contribution in [3.8, 4) is 0 Å². The maximum absolute atomic E-state index is 12.5. The molecule has 114 valence electrons. The van der Waals surface area contributed by atoms with Crippen LogP contribution in [-0.2, 0) is 10.9 Å². The quantitative estimate of drug-likeness (QED) is 0.837. The van der Waals surface area contributed by atoms with E-state index in [0.717, 1.165) is 37.7 Å². The number of alkyl halides is 3. The molecule has 0 saturated carbocycles. The number of quaternary nitrogens is 1. The summed E-state index contributed by atoms with van der Waals surface area (Å²) >= 11 is 0. The molecule has 0 aromatic carbocycles. The Morgan fingerprint density at radius 3 is 2.71 bits per heavy atom. The predicted molar refractivity (Wildman–Crippen MR) is 71.5 cm³/mol. The highest BCUT2D eigenvalue weighted by molar-refractivity contribution is 5.78. The van der Waals surface area contributed by atoms with Crippen LogP contribution in [0.5, 0.6) is 0 Å². The molecule has 1 aromatic rings. The molecule has 1 atom stereocenters. The summed E-state index contributed by atoms with van der Waals surface area (Å²) in [7, 11) is 0. The number of nitrogens with zero attached hydrogens (tertiary/aromatic N) is 1. The maximum atomic E-state index is 12.5. The van der Waals surface area contributed by atoms with E-state index >= 15 is 0 Å². The second-order valence-electron chi connectivity index (χ2n) is 4.79. The normalized spacial score (nSPS) is 20.3. The first-order chi connectivity index (χ1) is 10.0. The molecule has 1 aliphatic rings. The second-order valence-corrected chi connectivity index (χ2v) is 4.79. The van der Waals surface area contributed by atoms with E-state index in [1.165, 1.54) is 12.1 Å². The number of rotatable bonds is 4. The van der Waals surface area contributed by atoms with Crippen LogP contribution >= 0.6 is 0 Å². The summed E-state index contributed by atoms with van der Waals surface area (Å²) in [6.07, 6.45) is 1.88. The standard InChI is InChI=1S/C14H16F3N3O/c15-14(16,17)10-4-5-11(19-9-10)12(6-7-18)20-13-3-1-2-8-21-13/h4-7,9,13,18,20H,1-3,8H2/p+1. The minimum atomic E-state index is -4.40. The van der Waals surface area contributed by atoms with Gasteiger partial charge in [0.2, 0.25) is 0 Å². The van der Waals surface area contributed by atoms with Crippen molar-refractivity contribution >= 4 is 11.9 Å². The Morgan fingerprint density at radius 1 is 1.38 bits per heavy atom. The molecular formula is C14H17F3N3O+. The van der Waals surface area contributed by atoms with Crippen LogP contribution in [0, 0.1) is 5.41 Å². The van der Waals surface area contributed by atoms with Crippen molar-refractivity contribution in [2.45, 2.75) is 31.7 Å². The van der Waals surface area contributed by atoms with Gasteiger partial charge in [0.1, 0.15) is 5.69 Å². The molecule has 7 heteroatoms. The van der Waals surface area contributed by atoms with Gasteiger partial charge in [0.05, 0.1) is 12.2 Å². The van der Waals surface area contributed by atoms with Crippen molar-refractivity contribution in [1.29, 1.82) is 5.41 Å². The van der Waals surface area contributed by atoms with Crippen LogP contribution < -0.4 is 5.32 Å². The predicted octanol–water partition coefficient (Wildman–Crippen LogP) is 2.18. The highest BCUT2D eigenvalue weighted by Gasteiger charge is 2.31. The van der Waals surface area contributed by atoms with Crippen molar-refractivity contribution < 1.29 is 23.2 Å². The van der Waals surface area contributed by atoms with E-state index in [2.05, 4.69) is 4.98 Å². The minimum absolute atomic E-state index is 0.0750. The number of hydrogen-bond acceptors (Lipinski definition) is 3. The van der Waals surface area contributed by atoms with Gasteiger partial charge in [-0.15, -0.1) is 0 Å². The third-order valence-electron chi connectivity index (χ3n) is 3.23. The van der Waals surface area contributed by atoms with Gasteiger partial charge in [0.25, 0.3) is 0 Å². The molecular weight excluding hydrogens is 283 g/mol. The van der Waals surface area contributed by atoms with E-state index in [1.54, 1.807) is 0 Å². The highest BCUT2D eigenvalue weighted by Crippen LogP contribution is 2.28. The van der Waals surface area contributed by atoms with Gasteiger partial charge in [0.15, 0.2) is 11.9 Å². The van der Waals surface area contributed by atoms with Gasteiger partial charge in [-0.25, -0.2) is 4.98 Å². The molecule has 1 aliphatic heterocycles. The summed E-state index contributed by atoms with van der Waals surface area (Å²) in [5.74, 6) is 0. The molecule has 4 nitrogen and oxygen atoms in total. The molecule has 1 saturated heterocycles. The topological polar surface area (TPSA) is 62.6 Å². The minimum Gasteiger partial charge on any atom is -0.329 e. The number of halogens is 3. The van der Waals surface area contributed by atoms with Gasteiger partial charge in [-0.05, 0) is 25.0 Å². The average molecular weight is 300 g/mol. The number of nitrogens with one attached hydrogen (secondary N) is 1. The van der Waals surface area contributed by atoms with Gasteiger partial charge in [-0.2, -0.15) is 13.2 Å². The van der Waals surface area contributed by atoms with Crippen LogP contribution in [0.4, 0.5) is 13.2 Å². The molecule has 0 bridgehead atoms. The zero-order chi connectivity index (χ0) is 15.3. The maximum Gasteiger partial charge on any atom is 0.417 e. The summed E-state index contributed by atoms with van der Waals surface area (Å²) in [4.78, 5) is 3.85. The molecule has 1 fully saturated rings. The van der Waals surface area contributed by atoms with E-state index < -0.39 is 11.7 Å². The molecule has 1 unspecified atom stereocenters. The van der Waals surface area contributed by atoms with Crippen molar-refractivity contribution in [2.24, 2.45) is 0 Å². The Bertz CT molecular complexity index is 505. The lowest BCUT2D eigenvalue weighted by Gasteiger charge is -2.21. The third-order valence-corrected chi connectivity index (χ3v) is 3.23. The Morgan fingerprint density at radius 2 is 2.19 bits per heavy atom. The van der Waals surface area contributed by atoms with Crippen molar-refractivity contribution in [1.82, 2.24) is 4.98 Å². The smallest absolute Gasteiger partial charge is 0.329 e. The summed E-state index contributed by atoms with van der Waals surface area (Å²) in [5.41, 5.74) is 0.223. The van der Waals surface area contributed by atoms with Gasteiger partial charge >= 0.3 is 6.18 Å². The summed E-state index contributed by atoms with van der Waals surface area (Å²) in [6, 6.07) is 2.31. The Balaban J connectivity index is 2.14. The lowest BCUT2D eigenvalue weighted by atomic mass is 10.1. The van der Waals surface area contributed by atoms with E-state index in [9.17, 15) is 13.2 Å². The molecule has 3 N–H and O–H groups in total. The van der Waals surface area contributed by atoms with Gasteiger partial charge in [0, 0.05) is 24.9 Å². The Hall–Kier alpha value is -1.73. The van der Waals surface area contributed by atoms with Crippen LogP contribution in [-0.4, -0.2) is 24.0 Å². The molecule has 0 amide bonds. The zero-order valence-corrected chi connectivity index (χ0v) is 11.4. The first-order valence-electron chi connectivity index (χ1n) is 6.71. The third kappa shape index (κ3) is 4.37. The number of pyridine rings is 1. The van der Waals surface area contributed by atoms with E-state index in [1.807, 2.05) is 5.32 Å². The second kappa shape index (κ2) is 6.82. The molecule has 1 aromatic heterocycles. The van der Waals surface area contributed by atoms with E-state index in [-0.39, 0.29) is 6.23 Å². The van der Waals surface area contributed by atoms with Gasteiger partial charge in [-0.3, -0.25) is 5.32 Å². The average Bonchev–Trinajstić information content (AvgIpc) is 2.47. The zero-order valence-electron chi connectivity index (χ0n) is 11.4. The largest absolute Gasteiger partial charge is 0.417 e. The number of allylic oxidation sites excluding steroid dienone is 1. The fourth-order valence-corrected chi connectivity index (χ4v) is 2.15. The summed E-state index contributed by atoms with van der Waals surface area (Å²) in [5, 5.41) is 8.99. The number of ether oxygens (including phenoxy) is 1. The number of nitrogens with two attached hydrogens (primary N) is 1. The molecule has 2 rings (SSSR count). The molecule has 0 aliphatic carbocycles. The van der Waals surface area contributed by atoms with Crippen molar-refractivity contribution in [2.75, 3.05) is 6.61 Å². The Labute approximate surface area is 120 Å². The molecule has 21 heavy (non-hydrogen) atoms. The molecule has 0 radical (unpaired) electrons. The van der Waals surface area contributed by atoms with Crippen LogP contribution in [0.3, 0.4) is 0 Å². The first-order valence-corrected chi connectivity index (χ1v) is 6.71. The highest BCUT2D eigenvalue weighted by atomic mass is 19.4. The summed E-state index contributed by atoms with van der Waals surface area (Å²) < 4.78 is 43.1. The lowest BCUT2D eigenvalue weighted by molar-refractivity contribution is -0.653. The van der Waals surface area contributed by atoms with E-state index in [4.69, 9.17) is 10.1 Å². The monoisotopic (exact) mass is 300 g/mol. The van der Waals surface area contributed by atoms with Gasteiger partial charge in [-0.1, -0.05) is 0 Å². The van der Waals surface area contributed by atoms with Crippen molar-refractivity contribution in [3.05, 3.63) is 35.7 Å². The number of hydrogen-bond donors (Lipinski definition) is 2. The summed E-state index contributed by atoms with van der Waals surface area (Å²) in [6.45, 7) is 0.680. The fraction of sp³-hybridized carbons (Fsp3) is 0.429. The van der Waals surface area contributed by atoms with Crippen LogP contribution in [0.15, 0.2) is 24.4 Å². The van der Waals surface area contributed by atoms with Gasteiger partial charge < -0.3 is 10.1 Å². The molecule has 0 spiro atoms. The van der Waals surface area contributed by atoms with E-state index in [0.29, 0.717) is 18.0 Å². The van der Waals surface area contributed by atoms with Crippen LogP contribution in [0.25, 0.3) is 5.70 Å². The van der Waals surface area contributed by atoms with Crippen molar-refractivity contribution in [3.63, 3.8) is 0 Å². The lowest BCUT2D eigenvalue weighted by Crippen LogP contribution is -2.88. The first kappa shape index (κ1) is 15.7. The van der Waals surface area contributed by atoms with Crippen LogP contribution in [0.2, 0.25) is 0 Å². The fourth-order valence-electron chi connectivity index (χ4n) is 2.15. The SMILES string of the molecule is N=CC=C([NH2+]C1CCCCO1)c1ccc(C(F)(F)F)cn1. The Kier molecular flexibility index (Phi) is 5.08. The molecule has 2 heterocycles. The van der Waals surface area contributed by atoms with Crippen LogP contribution in [0.1, 0.15) is 30.5 Å². The number of aromatic nitrogens is 1.